The Hall–Kier alpha value is -2.36. The first-order valence-corrected chi connectivity index (χ1v) is 9.25. The number of hydrogen-bond donors (Lipinski definition) is 2. The summed E-state index contributed by atoms with van der Waals surface area (Å²) in [4.78, 5) is 0. The summed E-state index contributed by atoms with van der Waals surface area (Å²) in [5.74, 6) is 0. The molecule has 0 aliphatic heterocycles. The van der Waals surface area contributed by atoms with E-state index in [0.29, 0.717) is 6.04 Å². The molecule has 136 valence electrons. The summed E-state index contributed by atoms with van der Waals surface area (Å²) >= 11 is 0. The van der Waals surface area contributed by atoms with Crippen molar-refractivity contribution < 1.29 is 5.11 Å². The van der Waals surface area contributed by atoms with Crippen molar-refractivity contribution in [3.63, 3.8) is 0 Å². The monoisotopic (exact) mass is 348 g/mol. The number of aliphatic hydroxyl groups is 1. The van der Waals surface area contributed by atoms with Crippen LogP contribution in [0.5, 0.6) is 0 Å². The third-order valence-corrected chi connectivity index (χ3v) is 5.22. The predicted octanol–water partition coefficient (Wildman–Crippen LogP) is 4.62. The summed E-state index contributed by atoms with van der Waals surface area (Å²) in [5.41, 5.74) is 4.77. The lowest BCUT2D eigenvalue weighted by atomic mass is 10.0. The molecule has 2 aromatic carbocycles. The lowest BCUT2D eigenvalue weighted by Crippen LogP contribution is -2.31. The molecule has 3 atom stereocenters. The van der Waals surface area contributed by atoms with Crippen LogP contribution in [0.15, 0.2) is 72.9 Å². The number of rotatable bonds is 7. The van der Waals surface area contributed by atoms with Crippen LogP contribution < -0.4 is 5.32 Å². The first kappa shape index (κ1) is 18.4. The largest absolute Gasteiger partial charge is 0.387 e. The second-order valence-corrected chi connectivity index (χ2v) is 6.95. The molecule has 0 aliphatic carbocycles. The average Bonchev–Trinajstić information content (AvgIpc) is 3.06. The highest BCUT2D eigenvalue weighted by molar-refractivity contribution is 5.27. The number of nitrogens with one attached hydrogen (secondary N) is 1. The molecule has 0 bridgehead atoms. The topological polar surface area (TPSA) is 37.2 Å². The summed E-state index contributed by atoms with van der Waals surface area (Å²) in [5, 5.41) is 14.0. The Bertz CT molecular complexity index is 811. The van der Waals surface area contributed by atoms with Gasteiger partial charge in [0, 0.05) is 24.5 Å². The first-order valence-electron chi connectivity index (χ1n) is 9.25. The van der Waals surface area contributed by atoms with Crippen molar-refractivity contribution in [3.05, 3.63) is 95.3 Å². The van der Waals surface area contributed by atoms with Crippen molar-refractivity contribution >= 4 is 0 Å². The molecule has 2 N–H and O–H groups in total. The number of nitrogens with zero attached hydrogens (tertiary/aromatic N) is 1. The molecule has 3 rings (SSSR count). The van der Waals surface area contributed by atoms with E-state index in [0.717, 1.165) is 12.1 Å². The highest BCUT2D eigenvalue weighted by atomic mass is 16.3. The van der Waals surface area contributed by atoms with E-state index in [9.17, 15) is 5.11 Å². The van der Waals surface area contributed by atoms with Gasteiger partial charge in [-0.05, 0) is 43.5 Å². The third kappa shape index (κ3) is 4.06. The molecule has 1 aromatic heterocycles. The first-order chi connectivity index (χ1) is 12.6. The summed E-state index contributed by atoms with van der Waals surface area (Å²) < 4.78 is 2.31. The molecule has 0 saturated heterocycles. The number of aromatic nitrogens is 1. The third-order valence-electron chi connectivity index (χ3n) is 5.22. The van der Waals surface area contributed by atoms with Gasteiger partial charge in [0.05, 0.1) is 12.1 Å². The van der Waals surface area contributed by atoms with E-state index < -0.39 is 6.10 Å². The zero-order chi connectivity index (χ0) is 18.5. The zero-order valence-corrected chi connectivity index (χ0v) is 15.8. The van der Waals surface area contributed by atoms with Gasteiger partial charge in [-0.25, -0.2) is 0 Å². The van der Waals surface area contributed by atoms with Gasteiger partial charge < -0.3 is 15.0 Å². The molecule has 3 heteroatoms. The van der Waals surface area contributed by atoms with Crippen molar-refractivity contribution in [1.82, 2.24) is 9.88 Å². The van der Waals surface area contributed by atoms with E-state index >= 15 is 0 Å². The highest BCUT2D eigenvalue weighted by Gasteiger charge is 2.17. The van der Waals surface area contributed by atoms with Gasteiger partial charge in [-0.3, -0.25) is 0 Å². The summed E-state index contributed by atoms with van der Waals surface area (Å²) in [7, 11) is 0. The summed E-state index contributed by atoms with van der Waals surface area (Å²) in [6.07, 6.45) is 1.64. The van der Waals surface area contributed by atoms with Crippen LogP contribution in [0.4, 0.5) is 0 Å². The minimum Gasteiger partial charge on any atom is -0.387 e. The van der Waals surface area contributed by atoms with Crippen LogP contribution in [0.3, 0.4) is 0 Å². The smallest absolute Gasteiger partial charge is 0.0940 e. The SMILES string of the molecule is Cc1c(CN[C@H](C)[C@@H](O)c2ccccc2)ccn1[C@H](C)c1ccccc1. The Morgan fingerprint density at radius 3 is 2.08 bits per heavy atom. The number of hydrogen-bond acceptors (Lipinski definition) is 2. The van der Waals surface area contributed by atoms with Crippen LogP contribution in [0.2, 0.25) is 0 Å². The van der Waals surface area contributed by atoms with Crippen LogP contribution in [-0.2, 0) is 6.54 Å². The molecular formula is C23H28N2O. The molecule has 3 aromatic rings. The minimum atomic E-state index is -0.512. The van der Waals surface area contributed by atoms with Crippen molar-refractivity contribution in [3.8, 4) is 0 Å². The molecule has 0 saturated carbocycles. The molecule has 0 unspecified atom stereocenters. The van der Waals surface area contributed by atoms with Gasteiger partial charge in [0.25, 0.3) is 0 Å². The molecule has 26 heavy (non-hydrogen) atoms. The Kier molecular flexibility index (Phi) is 5.92. The lowest BCUT2D eigenvalue weighted by Gasteiger charge is -2.21. The van der Waals surface area contributed by atoms with E-state index in [1.54, 1.807) is 0 Å². The van der Waals surface area contributed by atoms with Crippen LogP contribution in [-0.4, -0.2) is 15.7 Å². The number of benzene rings is 2. The minimum absolute atomic E-state index is 0.0216. The van der Waals surface area contributed by atoms with E-state index in [1.165, 1.54) is 16.8 Å². The van der Waals surface area contributed by atoms with Crippen molar-refractivity contribution in [2.75, 3.05) is 0 Å². The van der Waals surface area contributed by atoms with Crippen LogP contribution in [0.25, 0.3) is 0 Å². The van der Waals surface area contributed by atoms with Crippen molar-refractivity contribution in [1.29, 1.82) is 0 Å². The van der Waals surface area contributed by atoms with E-state index in [4.69, 9.17) is 0 Å². The maximum absolute atomic E-state index is 10.5. The summed E-state index contributed by atoms with van der Waals surface area (Å²) in [6, 6.07) is 22.8. The maximum atomic E-state index is 10.5. The van der Waals surface area contributed by atoms with Gasteiger partial charge in [-0.15, -0.1) is 0 Å². The van der Waals surface area contributed by atoms with E-state index in [1.807, 2.05) is 43.3 Å². The lowest BCUT2D eigenvalue weighted by molar-refractivity contribution is 0.135. The normalized spacial score (nSPS) is 14.8. The molecule has 0 aliphatic rings. The molecule has 0 radical (unpaired) electrons. The van der Waals surface area contributed by atoms with Gasteiger partial charge in [0.1, 0.15) is 0 Å². The fourth-order valence-electron chi connectivity index (χ4n) is 3.39. The molecular weight excluding hydrogens is 320 g/mol. The molecule has 0 spiro atoms. The van der Waals surface area contributed by atoms with Gasteiger partial charge in [-0.2, -0.15) is 0 Å². The van der Waals surface area contributed by atoms with Gasteiger partial charge in [-0.1, -0.05) is 60.7 Å². The second kappa shape index (κ2) is 8.35. The van der Waals surface area contributed by atoms with Crippen LogP contribution in [0, 0.1) is 6.92 Å². The Morgan fingerprint density at radius 1 is 0.885 bits per heavy atom. The van der Waals surface area contributed by atoms with Crippen LogP contribution in [0.1, 0.15) is 48.4 Å². The standard InChI is InChI=1S/C23H28N2O/c1-17(23(26)21-12-8-5-9-13-21)24-16-22-14-15-25(19(22)3)18(2)20-10-6-4-7-11-20/h4-15,17-18,23-24,26H,16H2,1-3H3/t17-,18-,23-/m1/s1. The van der Waals surface area contributed by atoms with Crippen LogP contribution >= 0.6 is 0 Å². The second-order valence-electron chi connectivity index (χ2n) is 6.95. The predicted molar refractivity (Wildman–Crippen MR) is 107 cm³/mol. The molecule has 1 heterocycles. The van der Waals surface area contributed by atoms with E-state index in [2.05, 4.69) is 60.3 Å². The average molecular weight is 348 g/mol. The molecule has 0 amide bonds. The van der Waals surface area contributed by atoms with Gasteiger partial charge in [0.2, 0.25) is 0 Å². The highest BCUT2D eigenvalue weighted by Crippen LogP contribution is 2.23. The van der Waals surface area contributed by atoms with Crippen molar-refractivity contribution in [2.45, 2.75) is 45.5 Å². The maximum Gasteiger partial charge on any atom is 0.0940 e. The molecule has 0 fully saturated rings. The fraction of sp³-hybridized carbons (Fsp3) is 0.304. The fourth-order valence-corrected chi connectivity index (χ4v) is 3.39. The Labute approximate surface area is 156 Å². The zero-order valence-electron chi connectivity index (χ0n) is 15.8. The quantitative estimate of drug-likeness (QED) is 0.654. The van der Waals surface area contributed by atoms with E-state index in [-0.39, 0.29) is 6.04 Å². The van der Waals surface area contributed by atoms with Crippen molar-refractivity contribution in [2.24, 2.45) is 0 Å². The number of aliphatic hydroxyl groups excluding tert-OH is 1. The van der Waals surface area contributed by atoms with Gasteiger partial charge in [0.15, 0.2) is 0 Å². The van der Waals surface area contributed by atoms with Gasteiger partial charge >= 0.3 is 0 Å². The summed E-state index contributed by atoms with van der Waals surface area (Å²) in [6.45, 7) is 7.15. The Morgan fingerprint density at radius 2 is 1.46 bits per heavy atom. The Balaban J connectivity index is 1.65. The molecule has 3 nitrogen and oxygen atoms in total.